The van der Waals surface area contributed by atoms with Gasteiger partial charge in [-0.1, -0.05) is 30.3 Å². The monoisotopic (exact) mass is 258 g/mol. The second kappa shape index (κ2) is 4.82. The maximum Gasteiger partial charge on any atom is 0.167 e. The van der Waals surface area contributed by atoms with E-state index in [1.54, 1.807) is 6.08 Å². The summed E-state index contributed by atoms with van der Waals surface area (Å²) in [4.78, 5) is 12.2. The van der Waals surface area contributed by atoms with Gasteiger partial charge in [0, 0.05) is 6.08 Å². The SMILES string of the molecule is CC(C)OC1COC2=CC(=O)C(c3ccccc3)C21. The first-order valence-corrected chi connectivity index (χ1v) is 6.75. The minimum absolute atomic E-state index is 0.0251. The predicted molar refractivity (Wildman–Crippen MR) is 71.7 cm³/mol. The molecule has 0 bridgehead atoms. The highest BCUT2D eigenvalue weighted by Crippen LogP contribution is 2.44. The van der Waals surface area contributed by atoms with Gasteiger partial charge in [-0.2, -0.15) is 0 Å². The van der Waals surface area contributed by atoms with Crippen molar-refractivity contribution in [3.8, 4) is 0 Å². The second-order valence-corrected chi connectivity index (χ2v) is 5.40. The van der Waals surface area contributed by atoms with E-state index >= 15 is 0 Å². The van der Waals surface area contributed by atoms with Crippen LogP contribution in [0.25, 0.3) is 0 Å². The Morgan fingerprint density at radius 2 is 2.00 bits per heavy atom. The van der Waals surface area contributed by atoms with Crippen LogP contribution in [0.3, 0.4) is 0 Å². The van der Waals surface area contributed by atoms with Crippen molar-refractivity contribution < 1.29 is 14.3 Å². The van der Waals surface area contributed by atoms with Crippen molar-refractivity contribution >= 4 is 5.78 Å². The van der Waals surface area contributed by atoms with E-state index in [1.807, 2.05) is 44.2 Å². The van der Waals surface area contributed by atoms with Crippen LogP contribution in [0, 0.1) is 5.92 Å². The van der Waals surface area contributed by atoms with Gasteiger partial charge >= 0.3 is 0 Å². The van der Waals surface area contributed by atoms with Crippen LogP contribution < -0.4 is 0 Å². The molecule has 100 valence electrons. The third-order valence-corrected chi connectivity index (χ3v) is 3.70. The fraction of sp³-hybridized carbons (Fsp3) is 0.438. The molecule has 19 heavy (non-hydrogen) atoms. The van der Waals surface area contributed by atoms with Crippen LogP contribution in [-0.2, 0) is 14.3 Å². The Morgan fingerprint density at radius 3 is 2.68 bits per heavy atom. The number of ketones is 1. The summed E-state index contributed by atoms with van der Waals surface area (Å²) in [5.74, 6) is 0.813. The number of hydrogen-bond donors (Lipinski definition) is 0. The zero-order chi connectivity index (χ0) is 13.4. The third-order valence-electron chi connectivity index (χ3n) is 3.70. The molecule has 1 fully saturated rings. The first-order valence-electron chi connectivity index (χ1n) is 6.75. The average molecular weight is 258 g/mol. The summed E-state index contributed by atoms with van der Waals surface area (Å²) in [5.41, 5.74) is 1.05. The van der Waals surface area contributed by atoms with E-state index in [4.69, 9.17) is 9.47 Å². The molecular weight excluding hydrogens is 240 g/mol. The largest absolute Gasteiger partial charge is 0.495 e. The summed E-state index contributed by atoms with van der Waals surface area (Å²) in [6, 6.07) is 9.90. The lowest BCUT2D eigenvalue weighted by Gasteiger charge is -2.23. The number of rotatable bonds is 3. The number of carbonyl (C=O) groups excluding carboxylic acids is 1. The summed E-state index contributed by atoms with van der Waals surface area (Å²) < 4.78 is 11.5. The number of ether oxygens (including phenoxy) is 2. The predicted octanol–water partition coefficient (Wildman–Crippen LogP) is 2.68. The van der Waals surface area contributed by atoms with Gasteiger partial charge in [0.2, 0.25) is 0 Å². The van der Waals surface area contributed by atoms with E-state index < -0.39 is 0 Å². The molecule has 0 radical (unpaired) electrons. The van der Waals surface area contributed by atoms with Crippen molar-refractivity contribution in [1.29, 1.82) is 0 Å². The first kappa shape index (κ1) is 12.4. The molecule has 3 unspecified atom stereocenters. The van der Waals surface area contributed by atoms with E-state index in [-0.39, 0.29) is 29.8 Å². The van der Waals surface area contributed by atoms with Crippen LogP contribution in [0.2, 0.25) is 0 Å². The van der Waals surface area contributed by atoms with Crippen molar-refractivity contribution in [2.45, 2.75) is 32.0 Å². The van der Waals surface area contributed by atoms with E-state index in [2.05, 4.69) is 0 Å². The van der Waals surface area contributed by atoms with Crippen molar-refractivity contribution in [3.63, 3.8) is 0 Å². The molecule has 1 heterocycles. The minimum Gasteiger partial charge on any atom is -0.495 e. The molecule has 0 N–H and O–H groups in total. The van der Waals surface area contributed by atoms with Gasteiger partial charge < -0.3 is 9.47 Å². The lowest BCUT2D eigenvalue weighted by atomic mass is 9.84. The number of fused-ring (bicyclic) bond motifs is 1. The lowest BCUT2D eigenvalue weighted by Crippen LogP contribution is -2.30. The van der Waals surface area contributed by atoms with Crippen molar-refractivity contribution in [2.24, 2.45) is 5.92 Å². The molecule has 1 aliphatic carbocycles. The number of allylic oxidation sites excluding steroid dienone is 1. The van der Waals surface area contributed by atoms with Crippen LogP contribution in [-0.4, -0.2) is 24.6 Å². The minimum atomic E-state index is -0.151. The fourth-order valence-corrected chi connectivity index (χ4v) is 2.99. The third kappa shape index (κ3) is 2.19. The number of carbonyl (C=O) groups is 1. The van der Waals surface area contributed by atoms with Gasteiger partial charge in [-0.05, 0) is 19.4 Å². The zero-order valence-electron chi connectivity index (χ0n) is 11.2. The van der Waals surface area contributed by atoms with Gasteiger partial charge in [-0.15, -0.1) is 0 Å². The molecule has 2 aliphatic rings. The lowest BCUT2D eigenvalue weighted by molar-refractivity contribution is -0.117. The Morgan fingerprint density at radius 1 is 1.26 bits per heavy atom. The van der Waals surface area contributed by atoms with Crippen LogP contribution >= 0.6 is 0 Å². The summed E-state index contributed by atoms with van der Waals surface area (Å²) in [5, 5.41) is 0. The topological polar surface area (TPSA) is 35.5 Å². The maximum absolute atomic E-state index is 12.2. The highest BCUT2D eigenvalue weighted by Gasteiger charge is 2.48. The molecule has 0 saturated carbocycles. The van der Waals surface area contributed by atoms with Crippen LogP contribution in [0.5, 0.6) is 0 Å². The number of hydrogen-bond acceptors (Lipinski definition) is 3. The molecule has 1 aromatic carbocycles. The summed E-state index contributed by atoms with van der Waals surface area (Å²) >= 11 is 0. The maximum atomic E-state index is 12.2. The quantitative estimate of drug-likeness (QED) is 0.836. The molecule has 1 aromatic rings. The Labute approximate surface area is 113 Å². The van der Waals surface area contributed by atoms with Gasteiger partial charge in [0.1, 0.15) is 18.5 Å². The number of benzene rings is 1. The molecule has 0 spiro atoms. The van der Waals surface area contributed by atoms with Crippen LogP contribution in [0.15, 0.2) is 42.2 Å². The molecule has 3 nitrogen and oxygen atoms in total. The van der Waals surface area contributed by atoms with Gasteiger partial charge in [-0.3, -0.25) is 4.79 Å². The normalized spacial score (nSPS) is 29.3. The van der Waals surface area contributed by atoms with Gasteiger partial charge in [0.15, 0.2) is 5.78 Å². The molecule has 3 atom stereocenters. The second-order valence-electron chi connectivity index (χ2n) is 5.40. The van der Waals surface area contributed by atoms with E-state index in [9.17, 15) is 4.79 Å². The highest BCUT2D eigenvalue weighted by atomic mass is 16.6. The smallest absolute Gasteiger partial charge is 0.167 e. The van der Waals surface area contributed by atoms with Crippen LogP contribution in [0.4, 0.5) is 0 Å². The Kier molecular flexibility index (Phi) is 3.15. The fourth-order valence-electron chi connectivity index (χ4n) is 2.99. The highest BCUT2D eigenvalue weighted by molar-refractivity contribution is 5.99. The van der Waals surface area contributed by atoms with E-state index in [0.717, 1.165) is 11.3 Å². The Balaban J connectivity index is 1.90. The molecule has 0 amide bonds. The molecule has 1 aliphatic heterocycles. The molecular formula is C16H18O3. The Bertz CT molecular complexity index is 504. The van der Waals surface area contributed by atoms with Crippen LogP contribution in [0.1, 0.15) is 25.3 Å². The summed E-state index contributed by atoms with van der Waals surface area (Å²) in [6.07, 6.45) is 1.76. The van der Waals surface area contributed by atoms with E-state index in [1.165, 1.54) is 0 Å². The van der Waals surface area contributed by atoms with Crippen molar-refractivity contribution in [2.75, 3.05) is 6.61 Å². The molecule has 0 aromatic heterocycles. The zero-order valence-corrected chi connectivity index (χ0v) is 11.2. The Hall–Kier alpha value is -1.61. The average Bonchev–Trinajstić information content (AvgIpc) is 2.89. The molecule has 3 heteroatoms. The summed E-state index contributed by atoms with van der Waals surface area (Å²) in [7, 11) is 0. The van der Waals surface area contributed by atoms with E-state index in [0.29, 0.717) is 6.61 Å². The summed E-state index contributed by atoms with van der Waals surface area (Å²) in [6.45, 7) is 4.57. The van der Waals surface area contributed by atoms with Crippen molar-refractivity contribution in [3.05, 3.63) is 47.7 Å². The van der Waals surface area contributed by atoms with Gasteiger partial charge in [0.05, 0.1) is 17.9 Å². The van der Waals surface area contributed by atoms with Gasteiger partial charge in [0.25, 0.3) is 0 Å². The first-order chi connectivity index (χ1) is 9.16. The van der Waals surface area contributed by atoms with Crippen molar-refractivity contribution in [1.82, 2.24) is 0 Å². The standard InChI is InChI=1S/C16H18O3/c1-10(2)19-14-9-18-13-8-12(17)15(16(13)14)11-6-4-3-5-7-11/h3-8,10,14-16H,9H2,1-2H3. The molecule has 3 rings (SSSR count). The van der Waals surface area contributed by atoms with Gasteiger partial charge in [-0.25, -0.2) is 0 Å². The molecule has 1 saturated heterocycles.